The average Bonchev–Trinajstić information content (AvgIpc) is 3.51. The maximum atomic E-state index is 13.5. The molecule has 0 aliphatic carbocycles. The third-order valence-corrected chi connectivity index (χ3v) is 6.65. The number of amides is 1. The number of aromatic amines is 1. The zero-order valence-electron chi connectivity index (χ0n) is 19.2. The van der Waals surface area contributed by atoms with Crippen LogP contribution in [0.5, 0.6) is 23.0 Å². The molecule has 7 nitrogen and oxygen atoms in total. The van der Waals surface area contributed by atoms with Crippen LogP contribution in [0.25, 0.3) is 17.0 Å². The fraction of sp³-hybridized carbons (Fsp3) is 0.179. The first-order valence-corrected chi connectivity index (χ1v) is 11.5. The van der Waals surface area contributed by atoms with Crippen LogP contribution < -0.4 is 14.2 Å². The minimum Gasteiger partial charge on any atom is -0.504 e. The van der Waals surface area contributed by atoms with Crippen LogP contribution in [0.1, 0.15) is 28.4 Å². The SMILES string of the molecule is COc1cc(/C=C/C(=O)N2CCc3c([nH]c4ccccc34)C2c2ccc3c(c2)OCO3)ccc1O. The lowest BCUT2D eigenvalue weighted by Gasteiger charge is -2.35. The number of aromatic nitrogens is 1. The summed E-state index contributed by atoms with van der Waals surface area (Å²) in [5.41, 5.74) is 5.03. The Kier molecular flexibility index (Phi) is 5.10. The van der Waals surface area contributed by atoms with E-state index in [1.54, 1.807) is 30.4 Å². The summed E-state index contributed by atoms with van der Waals surface area (Å²) in [6, 6.07) is 18.8. The molecule has 6 rings (SSSR count). The molecule has 35 heavy (non-hydrogen) atoms. The topological polar surface area (TPSA) is 84.0 Å². The number of rotatable bonds is 4. The summed E-state index contributed by atoms with van der Waals surface area (Å²) in [5, 5.41) is 11.0. The van der Waals surface area contributed by atoms with Crippen molar-refractivity contribution in [3.8, 4) is 23.0 Å². The van der Waals surface area contributed by atoms with Crippen LogP contribution in [-0.4, -0.2) is 41.3 Å². The third-order valence-electron chi connectivity index (χ3n) is 6.65. The molecule has 2 aliphatic rings. The first-order valence-electron chi connectivity index (χ1n) is 11.5. The maximum absolute atomic E-state index is 13.5. The lowest BCUT2D eigenvalue weighted by molar-refractivity contribution is -0.128. The lowest BCUT2D eigenvalue weighted by atomic mass is 9.92. The highest BCUT2D eigenvalue weighted by Gasteiger charge is 2.34. The van der Waals surface area contributed by atoms with E-state index in [9.17, 15) is 9.90 Å². The molecule has 1 amide bonds. The predicted molar refractivity (Wildman–Crippen MR) is 132 cm³/mol. The van der Waals surface area contributed by atoms with Crippen molar-refractivity contribution in [3.05, 3.63) is 89.1 Å². The Morgan fingerprint density at radius 1 is 1.11 bits per heavy atom. The Morgan fingerprint density at radius 3 is 2.86 bits per heavy atom. The van der Waals surface area contributed by atoms with Gasteiger partial charge in [0.2, 0.25) is 12.7 Å². The number of phenolic OH excluding ortho intramolecular Hbond substituents is 1. The van der Waals surface area contributed by atoms with E-state index in [1.807, 2.05) is 35.2 Å². The van der Waals surface area contributed by atoms with Crippen molar-refractivity contribution in [1.29, 1.82) is 0 Å². The van der Waals surface area contributed by atoms with Crippen molar-refractivity contribution in [2.24, 2.45) is 0 Å². The van der Waals surface area contributed by atoms with Crippen molar-refractivity contribution in [2.45, 2.75) is 12.5 Å². The van der Waals surface area contributed by atoms with Gasteiger partial charge in [0.1, 0.15) is 0 Å². The molecule has 7 heteroatoms. The summed E-state index contributed by atoms with van der Waals surface area (Å²) in [5.74, 6) is 1.70. The van der Waals surface area contributed by atoms with Gasteiger partial charge in [-0.1, -0.05) is 30.3 Å². The molecule has 4 aromatic rings. The first kappa shape index (κ1) is 21.2. The largest absolute Gasteiger partial charge is 0.504 e. The maximum Gasteiger partial charge on any atom is 0.247 e. The zero-order chi connectivity index (χ0) is 23.9. The summed E-state index contributed by atoms with van der Waals surface area (Å²) >= 11 is 0. The second-order valence-corrected chi connectivity index (χ2v) is 8.62. The molecule has 0 radical (unpaired) electrons. The second kappa shape index (κ2) is 8.43. The van der Waals surface area contributed by atoms with E-state index in [2.05, 4.69) is 17.1 Å². The number of H-pyrrole nitrogens is 1. The Morgan fingerprint density at radius 2 is 1.97 bits per heavy atom. The number of methoxy groups -OCH3 is 1. The summed E-state index contributed by atoms with van der Waals surface area (Å²) in [7, 11) is 1.50. The molecular weight excluding hydrogens is 444 g/mol. The summed E-state index contributed by atoms with van der Waals surface area (Å²) in [4.78, 5) is 19.0. The van der Waals surface area contributed by atoms with Gasteiger partial charge in [0.25, 0.3) is 0 Å². The Bertz CT molecular complexity index is 1470. The smallest absolute Gasteiger partial charge is 0.247 e. The molecule has 0 spiro atoms. The molecule has 0 saturated carbocycles. The van der Waals surface area contributed by atoms with Gasteiger partial charge >= 0.3 is 0 Å². The van der Waals surface area contributed by atoms with Crippen LogP contribution in [0.3, 0.4) is 0 Å². The number of nitrogens with one attached hydrogen (secondary N) is 1. The molecule has 1 unspecified atom stereocenters. The Labute approximate surface area is 202 Å². The molecule has 0 saturated heterocycles. The van der Waals surface area contributed by atoms with Crippen LogP contribution in [0.4, 0.5) is 0 Å². The molecule has 3 heterocycles. The number of hydrogen-bond acceptors (Lipinski definition) is 5. The van der Waals surface area contributed by atoms with E-state index in [4.69, 9.17) is 14.2 Å². The molecule has 2 aliphatic heterocycles. The highest BCUT2D eigenvalue weighted by molar-refractivity contribution is 5.93. The third kappa shape index (κ3) is 3.65. The molecule has 176 valence electrons. The number of para-hydroxylation sites is 1. The van der Waals surface area contributed by atoms with E-state index >= 15 is 0 Å². The standard InChI is InChI=1S/C28H24N2O5/c1-33-24-14-17(6-9-22(24)31)7-11-26(32)30-13-12-20-19-4-2-3-5-21(19)29-27(20)28(30)18-8-10-23-25(15-18)35-16-34-23/h2-11,14-15,28-29,31H,12-13,16H2,1H3/b11-7+. The van der Waals surface area contributed by atoms with Gasteiger partial charge in [-0.05, 0) is 59.5 Å². The molecule has 3 aromatic carbocycles. The number of carbonyl (C=O) groups excluding carboxylic acids is 1. The minimum absolute atomic E-state index is 0.0567. The quantitative estimate of drug-likeness (QED) is 0.421. The molecule has 1 aromatic heterocycles. The van der Waals surface area contributed by atoms with Crippen LogP contribution in [-0.2, 0) is 11.2 Å². The Hall–Kier alpha value is -4.39. The van der Waals surface area contributed by atoms with E-state index in [0.717, 1.165) is 28.8 Å². The fourth-order valence-corrected chi connectivity index (χ4v) is 4.97. The number of aromatic hydroxyl groups is 1. The number of hydrogen-bond donors (Lipinski definition) is 2. The van der Waals surface area contributed by atoms with Crippen molar-refractivity contribution in [3.63, 3.8) is 0 Å². The normalized spacial score (nSPS) is 16.6. The van der Waals surface area contributed by atoms with E-state index in [-0.39, 0.29) is 24.5 Å². The van der Waals surface area contributed by atoms with E-state index < -0.39 is 0 Å². The number of carbonyl (C=O) groups is 1. The number of fused-ring (bicyclic) bond motifs is 4. The van der Waals surface area contributed by atoms with Gasteiger partial charge < -0.3 is 29.2 Å². The number of nitrogens with zero attached hydrogens (tertiary/aromatic N) is 1. The van der Waals surface area contributed by atoms with Crippen molar-refractivity contribution < 1.29 is 24.1 Å². The number of ether oxygens (including phenoxy) is 3. The zero-order valence-corrected chi connectivity index (χ0v) is 19.2. The summed E-state index contributed by atoms with van der Waals surface area (Å²) < 4.78 is 16.3. The fourth-order valence-electron chi connectivity index (χ4n) is 4.97. The van der Waals surface area contributed by atoms with Gasteiger partial charge in [-0.25, -0.2) is 0 Å². The van der Waals surface area contributed by atoms with Crippen molar-refractivity contribution >= 4 is 22.9 Å². The molecule has 0 fully saturated rings. The second-order valence-electron chi connectivity index (χ2n) is 8.62. The van der Waals surface area contributed by atoms with Crippen LogP contribution in [0.15, 0.2) is 66.7 Å². The van der Waals surface area contributed by atoms with Gasteiger partial charge in [0, 0.05) is 29.2 Å². The van der Waals surface area contributed by atoms with E-state index in [0.29, 0.717) is 23.8 Å². The predicted octanol–water partition coefficient (Wildman–Crippen LogP) is 4.80. The average molecular weight is 469 g/mol. The van der Waals surface area contributed by atoms with Gasteiger partial charge in [-0.3, -0.25) is 4.79 Å². The van der Waals surface area contributed by atoms with Crippen LogP contribution in [0.2, 0.25) is 0 Å². The molecule has 0 bridgehead atoms. The number of phenols is 1. The lowest BCUT2D eigenvalue weighted by Crippen LogP contribution is -2.39. The Balaban J connectivity index is 1.40. The minimum atomic E-state index is -0.299. The van der Waals surface area contributed by atoms with Gasteiger partial charge in [-0.2, -0.15) is 0 Å². The summed E-state index contributed by atoms with van der Waals surface area (Å²) in [6.07, 6.45) is 4.06. The highest BCUT2D eigenvalue weighted by atomic mass is 16.7. The van der Waals surface area contributed by atoms with Crippen LogP contribution >= 0.6 is 0 Å². The van der Waals surface area contributed by atoms with Crippen molar-refractivity contribution in [2.75, 3.05) is 20.4 Å². The monoisotopic (exact) mass is 468 g/mol. The molecule has 2 N–H and O–H groups in total. The summed E-state index contributed by atoms with van der Waals surface area (Å²) in [6.45, 7) is 0.776. The van der Waals surface area contributed by atoms with Crippen molar-refractivity contribution in [1.82, 2.24) is 9.88 Å². The van der Waals surface area contributed by atoms with Gasteiger partial charge in [0.05, 0.1) is 13.2 Å². The number of benzene rings is 3. The first-order chi connectivity index (χ1) is 17.1. The molecule has 1 atom stereocenters. The highest BCUT2D eigenvalue weighted by Crippen LogP contribution is 2.42. The molecular formula is C28H24N2O5. The van der Waals surface area contributed by atoms with E-state index in [1.165, 1.54) is 18.1 Å². The van der Waals surface area contributed by atoms with Crippen LogP contribution in [0, 0.1) is 0 Å². The van der Waals surface area contributed by atoms with Gasteiger partial charge in [0.15, 0.2) is 23.0 Å². The van der Waals surface area contributed by atoms with Gasteiger partial charge in [-0.15, -0.1) is 0 Å².